The van der Waals surface area contributed by atoms with Crippen LogP contribution in [0.4, 0.5) is 5.69 Å². The van der Waals surface area contributed by atoms with Crippen molar-refractivity contribution < 1.29 is 9.72 Å². The number of nitro groups is 1. The molecule has 21 heavy (non-hydrogen) atoms. The maximum atomic E-state index is 12.1. The molecule has 0 aromatic heterocycles. The van der Waals surface area contributed by atoms with Crippen molar-refractivity contribution in [3.05, 3.63) is 38.9 Å². The molecule has 2 unspecified atom stereocenters. The Hall–Kier alpha value is -1.42. The average molecular weight is 310 g/mol. The molecule has 2 rings (SSSR count). The van der Waals surface area contributed by atoms with E-state index in [1.54, 1.807) is 12.1 Å². The molecule has 4 nitrogen and oxygen atoms in total. The lowest BCUT2D eigenvalue weighted by Gasteiger charge is -2.28. The lowest BCUT2D eigenvalue weighted by atomic mass is 9.76. The molecular formula is C16H20ClNO3. The number of Topliss-reactive ketones (excluding diaryl/α,β-unsaturated/α-hetero) is 1. The first-order valence-electron chi connectivity index (χ1n) is 7.47. The van der Waals surface area contributed by atoms with Gasteiger partial charge in [0.15, 0.2) is 0 Å². The van der Waals surface area contributed by atoms with Crippen LogP contribution in [-0.2, 0) is 11.2 Å². The molecule has 114 valence electrons. The van der Waals surface area contributed by atoms with Crippen LogP contribution in [0.2, 0.25) is 5.02 Å². The molecule has 0 N–H and O–H groups in total. The van der Waals surface area contributed by atoms with Crippen LogP contribution in [0.25, 0.3) is 0 Å². The summed E-state index contributed by atoms with van der Waals surface area (Å²) in [6.07, 6.45) is 4.98. The largest absolute Gasteiger partial charge is 0.299 e. The third-order valence-electron chi connectivity index (χ3n) is 4.31. The molecule has 0 heterocycles. The summed E-state index contributed by atoms with van der Waals surface area (Å²) < 4.78 is 0. The molecule has 2 atom stereocenters. The van der Waals surface area contributed by atoms with Gasteiger partial charge in [-0.15, -0.1) is 0 Å². The highest BCUT2D eigenvalue weighted by Crippen LogP contribution is 2.35. The minimum atomic E-state index is -0.419. The molecule has 1 aliphatic rings. The van der Waals surface area contributed by atoms with Gasteiger partial charge < -0.3 is 0 Å². The Labute approximate surface area is 129 Å². The van der Waals surface area contributed by atoms with Gasteiger partial charge in [-0.2, -0.15) is 0 Å². The van der Waals surface area contributed by atoms with Crippen LogP contribution >= 0.6 is 11.6 Å². The summed E-state index contributed by atoms with van der Waals surface area (Å²) in [5.74, 6) is 0.643. The van der Waals surface area contributed by atoms with Gasteiger partial charge in [-0.1, -0.05) is 37.4 Å². The number of carbonyl (C=O) groups is 1. The van der Waals surface area contributed by atoms with Crippen molar-refractivity contribution in [1.82, 2.24) is 0 Å². The fraction of sp³-hybridized carbons (Fsp3) is 0.562. The molecule has 0 aliphatic heterocycles. The van der Waals surface area contributed by atoms with Gasteiger partial charge in [-0.25, -0.2) is 0 Å². The third kappa shape index (κ3) is 3.82. The van der Waals surface area contributed by atoms with Gasteiger partial charge >= 0.3 is 0 Å². The van der Waals surface area contributed by atoms with E-state index in [2.05, 4.69) is 6.92 Å². The van der Waals surface area contributed by atoms with Crippen LogP contribution in [0.15, 0.2) is 18.2 Å². The highest BCUT2D eigenvalue weighted by molar-refractivity contribution is 6.31. The standard InChI is InChI=1S/C16H20ClNO3/c1-2-4-11-7-8-16(19)12(9-11)10-13-14(17)5-3-6-15(13)18(20)21/h3,5-6,11-12H,2,4,7-10H2,1H3. The lowest BCUT2D eigenvalue weighted by molar-refractivity contribution is -0.385. The minimum absolute atomic E-state index is 0.0212. The second-order valence-electron chi connectivity index (χ2n) is 5.79. The average Bonchev–Trinajstić information content (AvgIpc) is 2.44. The van der Waals surface area contributed by atoms with E-state index in [-0.39, 0.29) is 17.4 Å². The van der Waals surface area contributed by atoms with E-state index in [1.807, 2.05) is 0 Å². The Bertz CT molecular complexity index is 544. The molecule has 0 bridgehead atoms. The minimum Gasteiger partial charge on any atom is -0.299 e. The predicted octanol–water partition coefficient (Wildman–Crippen LogP) is 4.58. The van der Waals surface area contributed by atoms with E-state index < -0.39 is 4.92 Å². The van der Waals surface area contributed by atoms with Crippen molar-refractivity contribution in [2.24, 2.45) is 11.8 Å². The van der Waals surface area contributed by atoms with Crippen LogP contribution in [0.1, 0.15) is 44.6 Å². The number of nitrogens with zero attached hydrogens (tertiary/aromatic N) is 1. The number of hydrogen-bond donors (Lipinski definition) is 0. The molecule has 1 saturated carbocycles. The van der Waals surface area contributed by atoms with Gasteiger partial charge in [0.2, 0.25) is 0 Å². The van der Waals surface area contributed by atoms with Crippen LogP contribution in [0, 0.1) is 22.0 Å². The molecule has 0 amide bonds. The summed E-state index contributed by atoms with van der Waals surface area (Å²) in [6, 6.07) is 4.69. The number of carbonyl (C=O) groups excluding carboxylic acids is 1. The Balaban J connectivity index is 2.20. The summed E-state index contributed by atoms with van der Waals surface area (Å²) in [4.78, 5) is 22.8. The van der Waals surface area contributed by atoms with E-state index in [0.29, 0.717) is 29.3 Å². The van der Waals surface area contributed by atoms with Gasteiger partial charge in [0.05, 0.1) is 9.95 Å². The fourth-order valence-electron chi connectivity index (χ4n) is 3.24. The Morgan fingerprint density at radius 1 is 1.43 bits per heavy atom. The summed E-state index contributed by atoms with van der Waals surface area (Å²) in [7, 11) is 0. The third-order valence-corrected chi connectivity index (χ3v) is 4.66. The molecule has 1 fully saturated rings. The van der Waals surface area contributed by atoms with Crippen molar-refractivity contribution in [3.63, 3.8) is 0 Å². The van der Waals surface area contributed by atoms with E-state index >= 15 is 0 Å². The summed E-state index contributed by atoms with van der Waals surface area (Å²) >= 11 is 6.12. The van der Waals surface area contributed by atoms with Crippen LogP contribution in [-0.4, -0.2) is 10.7 Å². The number of rotatable bonds is 5. The van der Waals surface area contributed by atoms with E-state index in [0.717, 1.165) is 25.7 Å². The highest BCUT2D eigenvalue weighted by atomic mass is 35.5. The highest BCUT2D eigenvalue weighted by Gasteiger charge is 2.31. The zero-order valence-corrected chi connectivity index (χ0v) is 12.9. The second kappa shape index (κ2) is 7.03. The molecule has 5 heteroatoms. The van der Waals surface area contributed by atoms with Gasteiger partial charge in [-0.05, 0) is 31.2 Å². The van der Waals surface area contributed by atoms with Gasteiger partial charge in [-0.3, -0.25) is 14.9 Å². The summed E-state index contributed by atoms with van der Waals surface area (Å²) in [5, 5.41) is 11.5. The zero-order chi connectivity index (χ0) is 15.4. The fourth-order valence-corrected chi connectivity index (χ4v) is 3.48. The molecule has 0 radical (unpaired) electrons. The first-order chi connectivity index (χ1) is 10.0. The maximum absolute atomic E-state index is 12.1. The van der Waals surface area contributed by atoms with E-state index in [1.165, 1.54) is 6.07 Å². The smallest absolute Gasteiger partial charge is 0.274 e. The number of hydrogen-bond acceptors (Lipinski definition) is 3. The topological polar surface area (TPSA) is 60.2 Å². The number of nitro benzene ring substituents is 1. The second-order valence-corrected chi connectivity index (χ2v) is 6.20. The number of halogens is 1. The van der Waals surface area contributed by atoms with Gasteiger partial charge in [0.1, 0.15) is 5.78 Å². The van der Waals surface area contributed by atoms with E-state index in [4.69, 9.17) is 11.6 Å². The maximum Gasteiger partial charge on any atom is 0.274 e. The quantitative estimate of drug-likeness (QED) is 0.591. The first kappa shape index (κ1) is 16.0. The molecule has 1 aromatic carbocycles. The Morgan fingerprint density at radius 3 is 2.86 bits per heavy atom. The Kier molecular flexibility index (Phi) is 5.34. The van der Waals surface area contributed by atoms with E-state index in [9.17, 15) is 14.9 Å². The Morgan fingerprint density at radius 2 is 2.19 bits per heavy atom. The monoisotopic (exact) mass is 309 g/mol. The van der Waals surface area contributed by atoms with Crippen LogP contribution in [0.5, 0.6) is 0 Å². The summed E-state index contributed by atoms with van der Waals surface area (Å²) in [6.45, 7) is 2.14. The van der Waals surface area contributed by atoms with Crippen molar-refractivity contribution in [3.8, 4) is 0 Å². The van der Waals surface area contributed by atoms with Crippen molar-refractivity contribution in [2.75, 3.05) is 0 Å². The zero-order valence-electron chi connectivity index (χ0n) is 12.2. The van der Waals surface area contributed by atoms with Gasteiger partial charge in [0.25, 0.3) is 5.69 Å². The number of ketones is 1. The van der Waals surface area contributed by atoms with Crippen molar-refractivity contribution >= 4 is 23.1 Å². The molecule has 1 aliphatic carbocycles. The molecule has 0 saturated heterocycles. The van der Waals surface area contributed by atoms with Crippen LogP contribution < -0.4 is 0 Å². The van der Waals surface area contributed by atoms with Crippen molar-refractivity contribution in [1.29, 1.82) is 0 Å². The molecular weight excluding hydrogens is 290 g/mol. The van der Waals surface area contributed by atoms with Crippen molar-refractivity contribution in [2.45, 2.75) is 45.4 Å². The SMILES string of the molecule is CCCC1CCC(=O)C(Cc2c(Cl)cccc2[N+](=O)[O-])C1. The lowest BCUT2D eigenvalue weighted by Crippen LogP contribution is -2.27. The van der Waals surface area contributed by atoms with Crippen LogP contribution in [0.3, 0.4) is 0 Å². The normalized spacial score (nSPS) is 22.3. The van der Waals surface area contributed by atoms with Gasteiger partial charge in [0, 0.05) is 24.0 Å². The number of benzene rings is 1. The molecule has 1 aromatic rings. The first-order valence-corrected chi connectivity index (χ1v) is 7.85. The molecule has 0 spiro atoms. The summed E-state index contributed by atoms with van der Waals surface area (Å²) in [5.41, 5.74) is 0.521. The predicted molar refractivity (Wildman–Crippen MR) is 82.6 cm³/mol.